The molecule has 0 radical (unpaired) electrons. The van der Waals surface area contributed by atoms with Crippen LogP contribution in [0.5, 0.6) is 0 Å². The second-order valence-electron chi connectivity index (χ2n) is 6.75. The molecule has 1 aliphatic rings. The number of likely N-dealkylation sites (N-methyl/N-ethyl adjacent to an activating group) is 1. The Hall–Kier alpha value is -0.120. The predicted molar refractivity (Wildman–Crippen MR) is 84.7 cm³/mol. The van der Waals surface area contributed by atoms with Crippen LogP contribution in [0, 0.1) is 5.92 Å². The summed E-state index contributed by atoms with van der Waals surface area (Å²) < 4.78 is 0. The summed E-state index contributed by atoms with van der Waals surface area (Å²) in [6.45, 7) is 11.7. The number of hydrogen-bond donors (Lipinski definition) is 1. The van der Waals surface area contributed by atoms with Crippen molar-refractivity contribution in [3.05, 3.63) is 0 Å². The van der Waals surface area contributed by atoms with Gasteiger partial charge in [0.25, 0.3) is 0 Å². The molecule has 0 amide bonds. The fourth-order valence-corrected chi connectivity index (χ4v) is 3.02. The molecule has 1 N–H and O–H groups in total. The van der Waals surface area contributed by atoms with Crippen LogP contribution in [0.15, 0.2) is 0 Å². The van der Waals surface area contributed by atoms with Gasteiger partial charge in [0.2, 0.25) is 0 Å². The van der Waals surface area contributed by atoms with Crippen LogP contribution >= 0.6 is 0 Å². The third-order valence-electron chi connectivity index (χ3n) is 4.23. The van der Waals surface area contributed by atoms with Crippen LogP contribution in [0.1, 0.15) is 46.5 Å². The number of nitrogens with one attached hydrogen (secondary N) is 1. The lowest BCUT2D eigenvalue weighted by atomic mass is 10.0. The highest BCUT2D eigenvalue weighted by Crippen LogP contribution is 2.18. The quantitative estimate of drug-likeness (QED) is 0.730. The summed E-state index contributed by atoms with van der Waals surface area (Å²) in [5, 5.41) is 3.66. The van der Waals surface area contributed by atoms with Crippen molar-refractivity contribution < 1.29 is 0 Å². The van der Waals surface area contributed by atoms with Gasteiger partial charge in [-0.25, -0.2) is 0 Å². The molecule has 1 rings (SSSR count). The monoisotopic (exact) mass is 269 g/mol. The number of hydrogen-bond acceptors (Lipinski definition) is 3. The van der Waals surface area contributed by atoms with Crippen LogP contribution in [0.3, 0.4) is 0 Å². The van der Waals surface area contributed by atoms with Gasteiger partial charge in [-0.05, 0) is 52.4 Å². The first kappa shape index (κ1) is 16.9. The van der Waals surface area contributed by atoms with Crippen LogP contribution in [0.25, 0.3) is 0 Å². The van der Waals surface area contributed by atoms with E-state index < -0.39 is 0 Å². The Bertz CT molecular complexity index is 228. The van der Waals surface area contributed by atoms with Crippen LogP contribution in [0.2, 0.25) is 0 Å². The van der Waals surface area contributed by atoms with Gasteiger partial charge in [-0.1, -0.05) is 27.2 Å². The van der Waals surface area contributed by atoms with Crippen molar-refractivity contribution in [3.63, 3.8) is 0 Å². The van der Waals surface area contributed by atoms with Crippen molar-refractivity contribution in [2.24, 2.45) is 5.92 Å². The molecule has 3 nitrogen and oxygen atoms in total. The van der Waals surface area contributed by atoms with Gasteiger partial charge in [0, 0.05) is 25.2 Å². The van der Waals surface area contributed by atoms with Crippen molar-refractivity contribution in [1.29, 1.82) is 0 Å². The fraction of sp³-hybridized carbons (Fsp3) is 1.00. The fourth-order valence-electron chi connectivity index (χ4n) is 3.02. The first-order valence-corrected chi connectivity index (χ1v) is 8.15. The van der Waals surface area contributed by atoms with E-state index in [2.05, 4.69) is 50.0 Å². The van der Waals surface area contributed by atoms with E-state index in [1.165, 1.54) is 38.8 Å². The summed E-state index contributed by atoms with van der Waals surface area (Å²) in [6.07, 6.45) is 5.33. The third kappa shape index (κ3) is 6.24. The molecule has 2 atom stereocenters. The van der Waals surface area contributed by atoms with Crippen LogP contribution in [-0.4, -0.2) is 62.2 Å². The normalized spacial score (nSPS) is 23.2. The second kappa shape index (κ2) is 8.93. The number of piperidine rings is 1. The van der Waals surface area contributed by atoms with Gasteiger partial charge in [0.15, 0.2) is 0 Å². The highest BCUT2D eigenvalue weighted by atomic mass is 15.2. The Kier molecular flexibility index (Phi) is 7.96. The maximum atomic E-state index is 3.66. The summed E-state index contributed by atoms with van der Waals surface area (Å²) in [7, 11) is 4.44. The van der Waals surface area contributed by atoms with E-state index in [-0.39, 0.29) is 0 Å². The molecule has 0 spiro atoms. The molecule has 114 valence electrons. The number of nitrogens with zero attached hydrogens (tertiary/aromatic N) is 2. The zero-order chi connectivity index (χ0) is 14.3. The Morgan fingerprint density at radius 1 is 1.26 bits per heavy atom. The Balaban J connectivity index is 2.44. The lowest BCUT2D eigenvalue weighted by molar-refractivity contribution is 0.0904. The van der Waals surface area contributed by atoms with Crippen LogP contribution < -0.4 is 5.32 Å². The molecule has 0 aliphatic carbocycles. The third-order valence-corrected chi connectivity index (χ3v) is 4.23. The topological polar surface area (TPSA) is 18.5 Å². The molecule has 1 heterocycles. The van der Waals surface area contributed by atoms with Gasteiger partial charge >= 0.3 is 0 Å². The average molecular weight is 269 g/mol. The SMILES string of the molecule is CCCC(CNCC(C)C)N1CCCC(N(C)C)C1. The summed E-state index contributed by atoms with van der Waals surface area (Å²) in [6, 6.07) is 1.48. The van der Waals surface area contributed by atoms with Crippen molar-refractivity contribution in [3.8, 4) is 0 Å². The zero-order valence-electron chi connectivity index (χ0n) is 13.8. The zero-order valence-corrected chi connectivity index (χ0v) is 13.8. The standard InChI is InChI=1S/C16H35N3/c1-6-8-15(12-17-11-14(2)3)19-10-7-9-16(13-19)18(4)5/h14-17H,6-13H2,1-5H3. The Morgan fingerprint density at radius 2 is 2.00 bits per heavy atom. The molecule has 0 aromatic rings. The molecule has 1 fully saturated rings. The van der Waals surface area contributed by atoms with Crippen LogP contribution in [0.4, 0.5) is 0 Å². The predicted octanol–water partition coefficient (Wildman–Crippen LogP) is 2.43. The maximum Gasteiger partial charge on any atom is 0.0221 e. The van der Waals surface area contributed by atoms with Gasteiger partial charge < -0.3 is 10.2 Å². The molecule has 2 unspecified atom stereocenters. The molecule has 0 aromatic carbocycles. The Morgan fingerprint density at radius 3 is 2.58 bits per heavy atom. The molecular formula is C16H35N3. The average Bonchev–Trinajstić information content (AvgIpc) is 2.37. The minimum Gasteiger partial charge on any atom is -0.315 e. The maximum absolute atomic E-state index is 3.66. The molecule has 0 saturated carbocycles. The number of rotatable bonds is 8. The molecule has 3 heteroatoms. The van der Waals surface area contributed by atoms with Gasteiger partial charge in [-0.15, -0.1) is 0 Å². The smallest absolute Gasteiger partial charge is 0.0221 e. The van der Waals surface area contributed by atoms with Gasteiger partial charge in [0.1, 0.15) is 0 Å². The van der Waals surface area contributed by atoms with E-state index in [9.17, 15) is 0 Å². The van der Waals surface area contributed by atoms with Crippen LogP contribution in [-0.2, 0) is 0 Å². The lowest BCUT2D eigenvalue weighted by Crippen LogP contribution is -2.52. The van der Waals surface area contributed by atoms with E-state index >= 15 is 0 Å². The summed E-state index contributed by atoms with van der Waals surface area (Å²) in [5.41, 5.74) is 0. The number of likely N-dealkylation sites (tertiary alicyclic amines) is 1. The first-order valence-electron chi connectivity index (χ1n) is 8.15. The summed E-state index contributed by atoms with van der Waals surface area (Å²) in [5.74, 6) is 0.748. The lowest BCUT2D eigenvalue weighted by Gasteiger charge is -2.40. The highest BCUT2D eigenvalue weighted by Gasteiger charge is 2.26. The molecule has 1 aliphatic heterocycles. The van der Waals surface area contributed by atoms with Crippen molar-refractivity contribution in [2.45, 2.75) is 58.5 Å². The molecule has 1 saturated heterocycles. The second-order valence-corrected chi connectivity index (χ2v) is 6.75. The molecule has 19 heavy (non-hydrogen) atoms. The highest BCUT2D eigenvalue weighted by molar-refractivity contribution is 4.83. The van der Waals surface area contributed by atoms with E-state index in [1.807, 2.05) is 0 Å². The van der Waals surface area contributed by atoms with Crippen molar-refractivity contribution in [1.82, 2.24) is 15.1 Å². The van der Waals surface area contributed by atoms with Crippen molar-refractivity contribution >= 4 is 0 Å². The first-order chi connectivity index (χ1) is 9.04. The van der Waals surface area contributed by atoms with Crippen molar-refractivity contribution in [2.75, 3.05) is 40.3 Å². The van der Waals surface area contributed by atoms with Gasteiger partial charge in [0.05, 0.1) is 0 Å². The largest absolute Gasteiger partial charge is 0.315 e. The minimum atomic E-state index is 0.728. The van der Waals surface area contributed by atoms with Gasteiger partial charge in [-0.2, -0.15) is 0 Å². The Labute approximate surface area is 120 Å². The molecule has 0 bridgehead atoms. The van der Waals surface area contributed by atoms with E-state index in [1.54, 1.807) is 0 Å². The molecular weight excluding hydrogens is 234 g/mol. The van der Waals surface area contributed by atoms with E-state index in [0.29, 0.717) is 0 Å². The van der Waals surface area contributed by atoms with E-state index in [4.69, 9.17) is 0 Å². The van der Waals surface area contributed by atoms with Gasteiger partial charge in [-0.3, -0.25) is 4.90 Å². The summed E-state index contributed by atoms with van der Waals surface area (Å²) in [4.78, 5) is 5.13. The summed E-state index contributed by atoms with van der Waals surface area (Å²) >= 11 is 0. The van der Waals surface area contributed by atoms with E-state index in [0.717, 1.165) is 31.1 Å². The minimum absolute atomic E-state index is 0.728. The molecule has 0 aromatic heterocycles.